The SMILES string of the molecule is CCc1nc2ccc(C(C)(C)NC)cc2n1C. The third-order valence-electron chi connectivity index (χ3n) is 3.64. The molecule has 0 saturated carbocycles. The van der Waals surface area contributed by atoms with Crippen molar-refractivity contribution in [2.24, 2.45) is 7.05 Å². The second kappa shape index (κ2) is 4.15. The van der Waals surface area contributed by atoms with E-state index >= 15 is 0 Å². The van der Waals surface area contributed by atoms with Crippen LogP contribution in [0.1, 0.15) is 32.2 Å². The molecule has 17 heavy (non-hydrogen) atoms. The first kappa shape index (κ1) is 12.1. The Hall–Kier alpha value is -1.35. The summed E-state index contributed by atoms with van der Waals surface area (Å²) >= 11 is 0. The molecule has 1 aromatic carbocycles. The molecule has 0 aliphatic carbocycles. The summed E-state index contributed by atoms with van der Waals surface area (Å²) in [6.45, 7) is 6.51. The fourth-order valence-corrected chi connectivity index (χ4v) is 2.09. The molecule has 1 aromatic heterocycles. The van der Waals surface area contributed by atoms with Crippen LogP contribution in [0.3, 0.4) is 0 Å². The number of aryl methyl sites for hydroxylation is 2. The first-order valence-corrected chi connectivity index (χ1v) is 6.14. The average Bonchev–Trinajstić information content (AvgIpc) is 2.66. The lowest BCUT2D eigenvalue weighted by Gasteiger charge is -2.24. The van der Waals surface area contributed by atoms with Crippen LogP contribution in [0.2, 0.25) is 0 Å². The van der Waals surface area contributed by atoms with Gasteiger partial charge in [-0.1, -0.05) is 13.0 Å². The smallest absolute Gasteiger partial charge is 0.109 e. The molecule has 0 bridgehead atoms. The summed E-state index contributed by atoms with van der Waals surface area (Å²) < 4.78 is 2.19. The zero-order valence-corrected chi connectivity index (χ0v) is 11.3. The molecule has 0 fully saturated rings. The van der Waals surface area contributed by atoms with E-state index < -0.39 is 0 Å². The number of nitrogens with one attached hydrogen (secondary N) is 1. The van der Waals surface area contributed by atoms with Crippen LogP contribution >= 0.6 is 0 Å². The average molecular weight is 231 g/mol. The van der Waals surface area contributed by atoms with E-state index in [1.54, 1.807) is 0 Å². The topological polar surface area (TPSA) is 29.9 Å². The number of rotatable bonds is 3. The van der Waals surface area contributed by atoms with Crippen molar-refractivity contribution in [2.45, 2.75) is 32.7 Å². The Morgan fingerprint density at radius 3 is 2.65 bits per heavy atom. The maximum absolute atomic E-state index is 4.62. The summed E-state index contributed by atoms with van der Waals surface area (Å²) in [5.74, 6) is 1.14. The fraction of sp³-hybridized carbons (Fsp3) is 0.500. The summed E-state index contributed by atoms with van der Waals surface area (Å²) in [5.41, 5.74) is 3.58. The van der Waals surface area contributed by atoms with Crippen molar-refractivity contribution in [3.8, 4) is 0 Å². The third kappa shape index (κ3) is 1.95. The second-order valence-electron chi connectivity index (χ2n) is 5.02. The van der Waals surface area contributed by atoms with Crippen LogP contribution in [0.25, 0.3) is 11.0 Å². The van der Waals surface area contributed by atoms with E-state index in [4.69, 9.17) is 0 Å². The number of nitrogens with zero attached hydrogens (tertiary/aromatic N) is 2. The van der Waals surface area contributed by atoms with Gasteiger partial charge in [-0.2, -0.15) is 0 Å². The Kier molecular flexibility index (Phi) is 2.96. The van der Waals surface area contributed by atoms with Gasteiger partial charge in [0.25, 0.3) is 0 Å². The van der Waals surface area contributed by atoms with E-state index in [-0.39, 0.29) is 5.54 Å². The lowest BCUT2D eigenvalue weighted by Crippen LogP contribution is -2.33. The lowest BCUT2D eigenvalue weighted by atomic mass is 9.94. The molecule has 0 aliphatic rings. The van der Waals surface area contributed by atoms with E-state index in [1.807, 2.05) is 7.05 Å². The van der Waals surface area contributed by atoms with Gasteiger partial charge in [-0.05, 0) is 38.6 Å². The van der Waals surface area contributed by atoms with E-state index in [0.29, 0.717) is 0 Å². The van der Waals surface area contributed by atoms with Crippen LogP contribution in [-0.2, 0) is 19.0 Å². The van der Waals surface area contributed by atoms with E-state index in [9.17, 15) is 0 Å². The molecule has 3 nitrogen and oxygen atoms in total. The molecule has 1 heterocycles. The normalized spacial score (nSPS) is 12.3. The largest absolute Gasteiger partial charge is 0.331 e. The van der Waals surface area contributed by atoms with Crippen LogP contribution in [0, 0.1) is 0 Å². The number of fused-ring (bicyclic) bond motifs is 1. The van der Waals surface area contributed by atoms with Crippen LogP contribution in [0.15, 0.2) is 18.2 Å². The predicted octanol–water partition coefficient (Wildman–Crippen LogP) is 2.59. The standard InChI is InChI=1S/C14H21N3/c1-6-13-16-11-8-7-10(14(2,3)15-4)9-12(11)17(13)5/h7-9,15H,6H2,1-5H3. The van der Waals surface area contributed by atoms with Crippen molar-refractivity contribution in [1.82, 2.24) is 14.9 Å². The van der Waals surface area contributed by atoms with Gasteiger partial charge in [0.15, 0.2) is 0 Å². The molecule has 0 atom stereocenters. The minimum absolute atomic E-state index is 0.00909. The summed E-state index contributed by atoms with van der Waals surface area (Å²) in [6.07, 6.45) is 0.968. The molecule has 1 N–H and O–H groups in total. The molecule has 3 heteroatoms. The minimum atomic E-state index is -0.00909. The number of benzene rings is 1. The summed E-state index contributed by atoms with van der Waals surface area (Å²) in [7, 11) is 4.08. The first-order chi connectivity index (χ1) is 7.99. The number of hydrogen-bond donors (Lipinski definition) is 1. The number of hydrogen-bond acceptors (Lipinski definition) is 2. The number of aromatic nitrogens is 2. The molecule has 2 aromatic rings. The molecule has 0 amide bonds. The summed E-state index contributed by atoms with van der Waals surface area (Å²) in [4.78, 5) is 4.62. The van der Waals surface area contributed by atoms with Crippen molar-refractivity contribution in [3.63, 3.8) is 0 Å². The molecule has 0 saturated heterocycles. The first-order valence-electron chi connectivity index (χ1n) is 6.14. The van der Waals surface area contributed by atoms with Crippen LogP contribution in [0.4, 0.5) is 0 Å². The molecular formula is C14H21N3. The van der Waals surface area contributed by atoms with Crippen LogP contribution in [0.5, 0.6) is 0 Å². The fourth-order valence-electron chi connectivity index (χ4n) is 2.09. The summed E-state index contributed by atoms with van der Waals surface area (Å²) in [5, 5.41) is 3.33. The van der Waals surface area contributed by atoms with Gasteiger partial charge in [-0.3, -0.25) is 0 Å². The molecular weight excluding hydrogens is 210 g/mol. The highest BCUT2D eigenvalue weighted by atomic mass is 15.1. The van der Waals surface area contributed by atoms with E-state index in [0.717, 1.165) is 17.8 Å². The highest BCUT2D eigenvalue weighted by Gasteiger charge is 2.19. The van der Waals surface area contributed by atoms with Crippen molar-refractivity contribution in [3.05, 3.63) is 29.6 Å². The molecule has 0 unspecified atom stereocenters. The van der Waals surface area contributed by atoms with Gasteiger partial charge in [0.2, 0.25) is 0 Å². The Labute approximate surface area is 103 Å². The quantitative estimate of drug-likeness (QED) is 0.880. The minimum Gasteiger partial charge on any atom is -0.331 e. The maximum atomic E-state index is 4.62. The predicted molar refractivity (Wildman–Crippen MR) is 72.2 cm³/mol. The maximum Gasteiger partial charge on any atom is 0.109 e. The van der Waals surface area contributed by atoms with Crippen LogP contribution < -0.4 is 5.32 Å². The van der Waals surface area contributed by atoms with Crippen molar-refractivity contribution < 1.29 is 0 Å². The summed E-state index contributed by atoms with van der Waals surface area (Å²) in [6, 6.07) is 6.51. The molecule has 2 rings (SSSR count). The lowest BCUT2D eigenvalue weighted by molar-refractivity contribution is 0.445. The molecule has 0 spiro atoms. The highest BCUT2D eigenvalue weighted by Crippen LogP contribution is 2.24. The van der Waals surface area contributed by atoms with Crippen molar-refractivity contribution in [2.75, 3.05) is 7.05 Å². The van der Waals surface area contributed by atoms with Crippen molar-refractivity contribution in [1.29, 1.82) is 0 Å². The van der Waals surface area contributed by atoms with E-state index in [1.165, 1.54) is 11.1 Å². The Balaban J connectivity index is 2.61. The zero-order chi connectivity index (χ0) is 12.6. The number of imidazole rings is 1. The molecule has 0 aliphatic heterocycles. The van der Waals surface area contributed by atoms with Crippen molar-refractivity contribution >= 4 is 11.0 Å². The highest BCUT2D eigenvalue weighted by molar-refractivity contribution is 5.77. The van der Waals surface area contributed by atoms with Gasteiger partial charge < -0.3 is 9.88 Å². The van der Waals surface area contributed by atoms with E-state index in [2.05, 4.69) is 60.9 Å². The van der Waals surface area contributed by atoms with Gasteiger partial charge in [0, 0.05) is 19.0 Å². The Morgan fingerprint density at radius 1 is 1.35 bits per heavy atom. The Morgan fingerprint density at radius 2 is 2.06 bits per heavy atom. The molecule has 0 radical (unpaired) electrons. The van der Waals surface area contributed by atoms with Gasteiger partial charge in [-0.15, -0.1) is 0 Å². The van der Waals surface area contributed by atoms with Crippen LogP contribution in [-0.4, -0.2) is 16.6 Å². The Bertz CT molecular complexity index is 538. The van der Waals surface area contributed by atoms with Gasteiger partial charge >= 0.3 is 0 Å². The molecule has 92 valence electrons. The zero-order valence-electron chi connectivity index (χ0n) is 11.3. The second-order valence-corrected chi connectivity index (χ2v) is 5.02. The van der Waals surface area contributed by atoms with Gasteiger partial charge in [0.1, 0.15) is 5.82 Å². The third-order valence-corrected chi connectivity index (χ3v) is 3.64. The van der Waals surface area contributed by atoms with Gasteiger partial charge in [0.05, 0.1) is 11.0 Å². The van der Waals surface area contributed by atoms with Gasteiger partial charge in [-0.25, -0.2) is 4.98 Å². The monoisotopic (exact) mass is 231 g/mol.